The van der Waals surface area contributed by atoms with Gasteiger partial charge in [-0.2, -0.15) is 0 Å². The molecule has 3 aromatic rings. The summed E-state index contributed by atoms with van der Waals surface area (Å²) in [5.74, 6) is -0.588. The molecule has 0 radical (unpaired) electrons. The number of unbranched alkanes of at least 4 members (excludes halogenated alkanes) is 1. The molecular weight excluding hydrogens is 420 g/mol. The largest absolute Gasteiger partial charge is 0.385 e. The summed E-state index contributed by atoms with van der Waals surface area (Å²) in [6, 6.07) is 22.5. The first-order valence-corrected chi connectivity index (χ1v) is 11.7. The average Bonchev–Trinajstić information content (AvgIpc) is 2.85. The van der Waals surface area contributed by atoms with Gasteiger partial charge in [0.25, 0.3) is 0 Å². The lowest BCUT2D eigenvalue weighted by molar-refractivity contribution is -0.0266. The number of likely N-dealkylation sites (tertiary alicyclic amines) is 1. The minimum atomic E-state index is -0.724. The van der Waals surface area contributed by atoms with Gasteiger partial charge in [0.2, 0.25) is 0 Å². The Morgan fingerprint density at radius 1 is 0.788 bits per heavy atom. The van der Waals surface area contributed by atoms with E-state index in [1.54, 1.807) is 24.3 Å². The summed E-state index contributed by atoms with van der Waals surface area (Å²) < 4.78 is 32.9. The highest BCUT2D eigenvalue weighted by Crippen LogP contribution is 2.32. The molecule has 5 heteroatoms. The second-order valence-electron chi connectivity index (χ2n) is 8.80. The first kappa shape index (κ1) is 23.6. The summed E-state index contributed by atoms with van der Waals surface area (Å²) in [6.07, 6.45) is 3.00. The molecule has 1 N–H and O–H groups in total. The second kappa shape index (κ2) is 11.0. The number of ether oxygens (including phenoxy) is 1. The van der Waals surface area contributed by atoms with Gasteiger partial charge in [-0.3, -0.25) is 0 Å². The number of hydrogen-bond donors (Lipinski definition) is 1. The van der Waals surface area contributed by atoms with Crippen molar-refractivity contribution in [3.05, 3.63) is 107 Å². The smallest absolute Gasteiger partial charge is 0.123 e. The van der Waals surface area contributed by atoms with Gasteiger partial charge in [-0.1, -0.05) is 54.6 Å². The van der Waals surface area contributed by atoms with Gasteiger partial charge in [0.1, 0.15) is 17.7 Å². The lowest BCUT2D eigenvalue weighted by atomic mass is 9.84. The Kier molecular flexibility index (Phi) is 7.86. The van der Waals surface area contributed by atoms with Crippen molar-refractivity contribution < 1.29 is 18.6 Å². The topological polar surface area (TPSA) is 32.7 Å². The molecule has 0 aromatic heterocycles. The molecule has 1 aliphatic rings. The molecule has 0 aliphatic carbocycles. The van der Waals surface area contributed by atoms with Crippen LogP contribution in [-0.2, 0) is 10.3 Å². The second-order valence-corrected chi connectivity index (χ2v) is 8.80. The van der Waals surface area contributed by atoms with Gasteiger partial charge in [0.05, 0.1) is 5.60 Å². The summed E-state index contributed by atoms with van der Waals surface area (Å²) in [4.78, 5) is 2.40. The van der Waals surface area contributed by atoms with Crippen LogP contribution in [0.2, 0.25) is 0 Å². The predicted octanol–water partition coefficient (Wildman–Crippen LogP) is 5.83. The maximum absolute atomic E-state index is 13.4. The molecule has 0 atom stereocenters. The van der Waals surface area contributed by atoms with Crippen molar-refractivity contribution >= 4 is 0 Å². The van der Waals surface area contributed by atoms with Crippen LogP contribution in [0.25, 0.3) is 0 Å². The fourth-order valence-corrected chi connectivity index (χ4v) is 4.48. The number of rotatable bonds is 9. The molecule has 174 valence electrons. The van der Waals surface area contributed by atoms with Crippen LogP contribution in [0.5, 0.6) is 0 Å². The quantitative estimate of drug-likeness (QED) is 0.415. The van der Waals surface area contributed by atoms with Gasteiger partial charge in [-0.05, 0) is 73.2 Å². The molecule has 1 fully saturated rings. The molecule has 1 aliphatic heterocycles. The van der Waals surface area contributed by atoms with Crippen LogP contribution >= 0.6 is 0 Å². The third kappa shape index (κ3) is 6.26. The SMILES string of the molecule is OC1(c2ccccc2)CCN(CCCCOC(c2ccc(F)cc2)c2ccc(F)cc2)CC1. The Labute approximate surface area is 194 Å². The van der Waals surface area contributed by atoms with E-state index in [2.05, 4.69) is 4.90 Å². The van der Waals surface area contributed by atoms with Crippen LogP contribution in [0.3, 0.4) is 0 Å². The maximum Gasteiger partial charge on any atom is 0.123 e. The highest BCUT2D eigenvalue weighted by atomic mass is 19.1. The third-order valence-corrected chi connectivity index (χ3v) is 6.49. The van der Waals surface area contributed by atoms with E-state index < -0.39 is 5.60 Å². The van der Waals surface area contributed by atoms with E-state index in [0.29, 0.717) is 6.61 Å². The van der Waals surface area contributed by atoms with Crippen molar-refractivity contribution in [2.75, 3.05) is 26.2 Å². The first-order chi connectivity index (χ1) is 16.0. The molecule has 1 heterocycles. The number of benzene rings is 3. The number of piperidine rings is 1. The fraction of sp³-hybridized carbons (Fsp3) is 0.357. The lowest BCUT2D eigenvalue weighted by Gasteiger charge is -2.38. The molecule has 3 nitrogen and oxygen atoms in total. The molecule has 3 aromatic carbocycles. The zero-order valence-corrected chi connectivity index (χ0v) is 18.8. The van der Waals surface area contributed by atoms with E-state index in [9.17, 15) is 13.9 Å². The van der Waals surface area contributed by atoms with Gasteiger partial charge in [-0.15, -0.1) is 0 Å². The van der Waals surface area contributed by atoms with Crippen LogP contribution in [-0.4, -0.2) is 36.2 Å². The number of aliphatic hydroxyl groups is 1. The van der Waals surface area contributed by atoms with Crippen LogP contribution in [0.4, 0.5) is 8.78 Å². The molecule has 33 heavy (non-hydrogen) atoms. The van der Waals surface area contributed by atoms with E-state index in [-0.39, 0.29) is 17.7 Å². The first-order valence-electron chi connectivity index (χ1n) is 11.7. The van der Waals surface area contributed by atoms with Crippen molar-refractivity contribution in [3.63, 3.8) is 0 Å². The zero-order valence-electron chi connectivity index (χ0n) is 18.8. The van der Waals surface area contributed by atoms with Gasteiger partial charge in [0, 0.05) is 19.7 Å². The van der Waals surface area contributed by atoms with E-state index in [1.165, 1.54) is 24.3 Å². The van der Waals surface area contributed by atoms with E-state index in [1.807, 2.05) is 30.3 Å². The number of hydrogen-bond acceptors (Lipinski definition) is 3. The molecule has 1 saturated heterocycles. The minimum absolute atomic E-state index is 0.294. The minimum Gasteiger partial charge on any atom is -0.385 e. The fourth-order valence-electron chi connectivity index (χ4n) is 4.48. The third-order valence-electron chi connectivity index (χ3n) is 6.49. The van der Waals surface area contributed by atoms with E-state index in [0.717, 1.165) is 62.0 Å². The van der Waals surface area contributed by atoms with Crippen LogP contribution in [0.1, 0.15) is 48.5 Å². The molecule has 0 spiro atoms. The van der Waals surface area contributed by atoms with Crippen LogP contribution in [0, 0.1) is 11.6 Å². The van der Waals surface area contributed by atoms with Crippen LogP contribution in [0.15, 0.2) is 78.9 Å². The highest BCUT2D eigenvalue weighted by Gasteiger charge is 2.33. The summed E-state index contributed by atoms with van der Waals surface area (Å²) in [7, 11) is 0. The standard InChI is InChI=1S/C28H31F2NO2/c29-25-12-8-22(9-13-25)27(23-10-14-26(30)15-11-23)33-21-5-4-18-31-19-16-28(32,17-20-31)24-6-2-1-3-7-24/h1-3,6-15,27,32H,4-5,16-21H2. The highest BCUT2D eigenvalue weighted by molar-refractivity contribution is 5.30. The number of halogens is 2. The molecule has 4 rings (SSSR count). The van der Waals surface area contributed by atoms with Crippen molar-refractivity contribution in [1.82, 2.24) is 4.90 Å². The number of nitrogens with zero attached hydrogens (tertiary/aromatic N) is 1. The molecule has 0 saturated carbocycles. The van der Waals surface area contributed by atoms with Gasteiger partial charge in [-0.25, -0.2) is 8.78 Å². The van der Waals surface area contributed by atoms with Crippen molar-refractivity contribution in [1.29, 1.82) is 0 Å². The maximum atomic E-state index is 13.4. The van der Waals surface area contributed by atoms with E-state index >= 15 is 0 Å². The molecule has 0 bridgehead atoms. The average molecular weight is 452 g/mol. The molecular formula is C28H31F2NO2. The molecule has 0 amide bonds. The van der Waals surface area contributed by atoms with E-state index in [4.69, 9.17) is 4.74 Å². The monoisotopic (exact) mass is 451 g/mol. The Bertz CT molecular complexity index is 939. The zero-order chi connectivity index (χ0) is 23.1. The van der Waals surface area contributed by atoms with Crippen molar-refractivity contribution in [2.45, 2.75) is 37.4 Å². The molecule has 0 unspecified atom stereocenters. The summed E-state index contributed by atoms with van der Waals surface area (Å²) in [6.45, 7) is 3.27. The van der Waals surface area contributed by atoms with Crippen molar-refractivity contribution in [2.24, 2.45) is 0 Å². The van der Waals surface area contributed by atoms with Crippen molar-refractivity contribution in [3.8, 4) is 0 Å². The van der Waals surface area contributed by atoms with Gasteiger partial charge in [0.15, 0.2) is 0 Å². The normalized spacial score (nSPS) is 16.2. The van der Waals surface area contributed by atoms with Crippen LogP contribution < -0.4 is 0 Å². The predicted molar refractivity (Wildman–Crippen MR) is 126 cm³/mol. The lowest BCUT2D eigenvalue weighted by Crippen LogP contribution is -2.42. The Morgan fingerprint density at radius 3 is 1.88 bits per heavy atom. The van der Waals surface area contributed by atoms with Gasteiger partial charge < -0.3 is 14.7 Å². The Morgan fingerprint density at radius 2 is 1.33 bits per heavy atom. The summed E-state index contributed by atoms with van der Waals surface area (Å²) in [5.41, 5.74) is 1.97. The Hall–Kier alpha value is -2.60. The summed E-state index contributed by atoms with van der Waals surface area (Å²) >= 11 is 0. The van der Waals surface area contributed by atoms with Gasteiger partial charge >= 0.3 is 0 Å². The Balaban J connectivity index is 1.25. The summed E-state index contributed by atoms with van der Waals surface area (Å²) in [5, 5.41) is 11.0.